The number of allylic oxidation sites excluding steroid dienone is 1. The van der Waals surface area contributed by atoms with Crippen molar-refractivity contribution in [3.63, 3.8) is 0 Å². The summed E-state index contributed by atoms with van der Waals surface area (Å²) in [5.41, 5.74) is 3.51. The molecule has 0 aromatic heterocycles. The minimum absolute atomic E-state index is 0.103. The summed E-state index contributed by atoms with van der Waals surface area (Å²) < 4.78 is 0. The molecule has 7 atom stereocenters. The number of rotatable bonds is 2. The molecule has 0 unspecified atom stereocenters. The van der Waals surface area contributed by atoms with Crippen molar-refractivity contribution < 1.29 is 9.94 Å². The first-order valence-corrected chi connectivity index (χ1v) is 10.4. The van der Waals surface area contributed by atoms with Crippen molar-refractivity contribution >= 4 is 5.71 Å². The van der Waals surface area contributed by atoms with Gasteiger partial charge < -0.3 is 9.94 Å². The Morgan fingerprint density at radius 2 is 1.96 bits per heavy atom. The highest BCUT2D eigenvalue weighted by Crippen LogP contribution is 2.66. The van der Waals surface area contributed by atoms with Crippen LogP contribution in [0.5, 0.6) is 0 Å². The van der Waals surface area contributed by atoms with E-state index in [2.05, 4.69) is 32.0 Å². The maximum Gasteiger partial charge on any atom is 0.106 e. The molecule has 0 aromatic rings. The fraction of sp³-hybridized carbons (Fsp3) is 0.864. The van der Waals surface area contributed by atoms with Crippen LogP contribution in [-0.2, 0) is 4.84 Å². The maximum absolute atomic E-state index is 10.1. The van der Waals surface area contributed by atoms with Crippen molar-refractivity contribution in [3.8, 4) is 0 Å². The number of hydrogen-bond donors (Lipinski definition) is 1. The lowest BCUT2D eigenvalue weighted by Gasteiger charge is -2.58. The van der Waals surface area contributed by atoms with Gasteiger partial charge in [-0.15, -0.1) is 0 Å². The molecule has 140 valence electrons. The summed E-state index contributed by atoms with van der Waals surface area (Å²) in [6, 6.07) is 0. The smallest absolute Gasteiger partial charge is 0.106 e. The van der Waals surface area contributed by atoms with Gasteiger partial charge in [-0.2, -0.15) is 0 Å². The van der Waals surface area contributed by atoms with Crippen LogP contribution in [0.1, 0.15) is 72.1 Å². The van der Waals surface area contributed by atoms with Crippen LogP contribution in [0.25, 0.3) is 0 Å². The van der Waals surface area contributed by atoms with Gasteiger partial charge in [0.25, 0.3) is 0 Å². The summed E-state index contributed by atoms with van der Waals surface area (Å²) in [4.78, 5) is 5.10. The van der Waals surface area contributed by atoms with Crippen LogP contribution in [0, 0.1) is 34.5 Å². The van der Waals surface area contributed by atoms with E-state index in [0.29, 0.717) is 16.7 Å². The summed E-state index contributed by atoms with van der Waals surface area (Å²) in [6.45, 7) is 7.21. The monoisotopic (exact) mass is 345 g/mol. The molecule has 3 nitrogen and oxygen atoms in total. The van der Waals surface area contributed by atoms with Crippen molar-refractivity contribution in [2.24, 2.45) is 39.7 Å². The molecular weight excluding hydrogens is 310 g/mol. The Bertz CT molecular complexity index is 597. The van der Waals surface area contributed by atoms with E-state index in [0.717, 1.165) is 30.6 Å². The second kappa shape index (κ2) is 6.11. The molecule has 4 aliphatic rings. The predicted molar refractivity (Wildman–Crippen MR) is 101 cm³/mol. The van der Waals surface area contributed by atoms with Gasteiger partial charge >= 0.3 is 0 Å². The Morgan fingerprint density at radius 3 is 2.72 bits per heavy atom. The van der Waals surface area contributed by atoms with Crippen molar-refractivity contribution in [3.05, 3.63) is 11.6 Å². The molecule has 0 aromatic carbocycles. The van der Waals surface area contributed by atoms with Crippen molar-refractivity contribution in [1.82, 2.24) is 0 Å². The molecule has 0 spiro atoms. The zero-order chi connectivity index (χ0) is 17.8. The van der Waals surface area contributed by atoms with Crippen LogP contribution in [-0.4, -0.2) is 24.0 Å². The van der Waals surface area contributed by atoms with Gasteiger partial charge in [0.05, 0.1) is 11.8 Å². The molecule has 3 heteroatoms. The summed E-state index contributed by atoms with van der Waals surface area (Å²) in [7, 11) is 1.67. The van der Waals surface area contributed by atoms with Gasteiger partial charge in [-0.25, -0.2) is 0 Å². The number of aliphatic hydroxyl groups is 1. The molecule has 0 aliphatic heterocycles. The van der Waals surface area contributed by atoms with Gasteiger partial charge in [-0.05, 0) is 86.9 Å². The largest absolute Gasteiger partial charge is 0.399 e. The Morgan fingerprint density at radius 1 is 1.16 bits per heavy atom. The predicted octanol–water partition coefficient (Wildman–Crippen LogP) is 4.95. The number of nitrogens with zero attached hydrogens (tertiary/aromatic N) is 1. The summed E-state index contributed by atoms with van der Waals surface area (Å²) in [5.74, 6) is 3.05. The summed E-state index contributed by atoms with van der Waals surface area (Å²) >= 11 is 0. The lowest BCUT2D eigenvalue weighted by molar-refractivity contribution is -0.0426. The average Bonchev–Trinajstić information content (AvgIpc) is 2.93. The summed E-state index contributed by atoms with van der Waals surface area (Å²) in [6.07, 6.45) is 12.0. The van der Waals surface area contributed by atoms with E-state index in [9.17, 15) is 5.11 Å². The van der Waals surface area contributed by atoms with Gasteiger partial charge in [0, 0.05) is 5.92 Å². The highest BCUT2D eigenvalue weighted by Gasteiger charge is 2.59. The van der Waals surface area contributed by atoms with E-state index in [1.165, 1.54) is 44.2 Å². The van der Waals surface area contributed by atoms with Crippen LogP contribution in [0.15, 0.2) is 16.8 Å². The SMILES string of the molecule is CO/N=C(/C)[C@H]1CC[C@H]2[C@@H]3CC=C4C[C@@H](O)CC[C@]4(C)[C@H]3CC[C@]12C. The van der Waals surface area contributed by atoms with E-state index in [-0.39, 0.29) is 6.10 Å². The van der Waals surface area contributed by atoms with E-state index < -0.39 is 0 Å². The first-order chi connectivity index (χ1) is 11.9. The average molecular weight is 346 g/mol. The van der Waals surface area contributed by atoms with E-state index in [1.54, 1.807) is 12.7 Å². The van der Waals surface area contributed by atoms with Crippen LogP contribution in [0.2, 0.25) is 0 Å². The number of hydrogen-bond acceptors (Lipinski definition) is 3. The second-order valence-electron chi connectivity index (χ2n) is 9.75. The first-order valence-electron chi connectivity index (χ1n) is 10.4. The number of oxime groups is 1. The van der Waals surface area contributed by atoms with Gasteiger partial charge in [0.2, 0.25) is 0 Å². The molecule has 0 radical (unpaired) electrons. The van der Waals surface area contributed by atoms with E-state index in [1.807, 2.05) is 0 Å². The lowest BCUT2D eigenvalue weighted by Crippen LogP contribution is -2.50. The van der Waals surface area contributed by atoms with E-state index in [4.69, 9.17) is 4.84 Å². The molecule has 3 saturated carbocycles. The third-order valence-corrected chi connectivity index (χ3v) is 8.82. The second-order valence-corrected chi connectivity index (χ2v) is 9.75. The summed E-state index contributed by atoms with van der Waals surface area (Å²) in [5, 5.41) is 14.4. The minimum Gasteiger partial charge on any atom is -0.399 e. The van der Waals surface area contributed by atoms with Gasteiger partial charge in [-0.1, -0.05) is 30.7 Å². The molecule has 0 saturated heterocycles. The minimum atomic E-state index is -0.103. The molecule has 0 amide bonds. The molecule has 25 heavy (non-hydrogen) atoms. The Labute approximate surface area is 152 Å². The first kappa shape index (κ1) is 17.6. The number of aliphatic hydroxyl groups excluding tert-OH is 1. The quantitative estimate of drug-likeness (QED) is 0.437. The topological polar surface area (TPSA) is 41.8 Å². The fourth-order valence-electron chi connectivity index (χ4n) is 7.54. The lowest BCUT2D eigenvalue weighted by atomic mass is 9.47. The third kappa shape index (κ3) is 2.52. The van der Waals surface area contributed by atoms with Crippen LogP contribution >= 0.6 is 0 Å². The molecule has 4 aliphatic carbocycles. The van der Waals surface area contributed by atoms with Crippen molar-refractivity contribution in [2.75, 3.05) is 7.11 Å². The van der Waals surface area contributed by atoms with Crippen LogP contribution < -0.4 is 0 Å². The Balaban J connectivity index is 1.63. The van der Waals surface area contributed by atoms with Gasteiger partial charge in [0.15, 0.2) is 0 Å². The molecule has 0 heterocycles. The van der Waals surface area contributed by atoms with Gasteiger partial charge in [-0.3, -0.25) is 0 Å². The Hall–Kier alpha value is -0.830. The molecular formula is C22H35NO2. The van der Waals surface area contributed by atoms with Crippen LogP contribution in [0.3, 0.4) is 0 Å². The molecule has 4 rings (SSSR count). The standard InChI is InChI=1S/C22H35NO2/c1-14(23-25-4)18-7-8-19-17-6-5-15-13-16(24)9-11-21(15,2)20(17)10-12-22(18,19)3/h5,16-20,24H,6-13H2,1-4H3/b23-14-/t16-,17-,18+,19-,20-,21-,22+/m0/s1. The molecule has 1 N–H and O–H groups in total. The number of fused-ring (bicyclic) bond motifs is 5. The highest BCUT2D eigenvalue weighted by molar-refractivity contribution is 5.85. The molecule has 3 fully saturated rings. The molecule has 0 bridgehead atoms. The van der Waals surface area contributed by atoms with Crippen LogP contribution in [0.4, 0.5) is 0 Å². The fourth-order valence-corrected chi connectivity index (χ4v) is 7.54. The van der Waals surface area contributed by atoms with E-state index >= 15 is 0 Å². The van der Waals surface area contributed by atoms with Crippen molar-refractivity contribution in [1.29, 1.82) is 0 Å². The maximum atomic E-state index is 10.1. The van der Waals surface area contributed by atoms with Crippen molar-refractivity contribution in [2.45, 2.75) is 78.2 Å². The third-order valence-electron chi connectivity index (χ3n) is 8.82. The highest BCUT2D eigenvalue weighted by atomic mass is 16.6. The zero-order valence-corrected chi connectivity index (χ0v) is 16.4. The zero-order valence-electron chi connectivity index (χ0n) is 16.4. The normalized spacial score (nSPS) is 49.7. The van der Waals surface area contributed by atoms with Gasteiger partial charge in [0.1, 0.15) is 7.11 Å². The Kier molecular flexibility index (Phi) is 4.30.